The molecule has 0 amide bonds. The number of nitrogens with zero attached hydrogens (tertiary/aromatic N) is 1. The van der Waals surface area contributed by atoms with Gasteiger partial charge in [0.2, 0.25) is 0 Å². The number of carbonyl (C=O) groups is 1. The number of benzene rings is 2. The van der Waals surface area contributed by atoms with Crippen molar-refractivity contribution in [3.63, 3.8) is 0 Å². The van der Waals surface area contributed by atoms with Crippen molar-refractivity contribution < 1.29 is 22.3 Å². The predicted octanol–water partition coefficient (Wildman–Crippen LogP) is 3.54. The topological polar surface area (TPSA) is 63.7 Å². The lowest BCUT2D eigenvalue weighted by molar-refractivity contribution is -0.144. The number of hydrogen-bond acceptors (Lipinski definition) is 4. The number of fused-ring (bicyclic) bond motifs is 1. The quantitative estimate of drug-likeness (QED) is 0.580. The van der Waals surface area contributed by atoms with Crippen LogP contribution in [-0.2, 0) is 19.6 Å². The van der Waals surface area contributed by atoms with E-state index in [1.54, 1.807) is 25.1 Å². The predicted molar refractivity (Wildman–Crippen MR) is 101 cm³/mol. The third-order valence-electron chi connectivity index (χ3n) is 4.55. The minimum atomic E-state index is -4.20. The van der Waals surface area contributed by atoms with Gasteiger partial charge in [0.1, 0.15) is 5.82 Å². The summed E-state index contributed by atoms with van der Waals surface area (Å²) in [6.45, 7) is 7.25. The van der Waals surface area contributed by atoms with Crippen LogP contribution in [0.1, 0.15) is 24.0 Å². The minimum absolute atomic E-state index is 0.0266. The summed E-state index contributed by atoms with van der Waals surface area (Å²) < 4.78 is 47.3. The SMILES string of the molecule is C=CC1c2cccc(F)c2N(S(=O)(=O)c2ccc(C)cc2)C1C(=O)OCC. The van der Waals surface area contributed by atoms with Gasteiger partial charge in [-0.3, -0.25) is 0 Å². The lowest BCUT2D eigenvalue weighted by atomic mass is 9.95. The molecule has 1 aliphatic heterocycles. The fourth-order valence-electron chi connectivity index (χ4n) is 3.31. The van der Waals surface area contributed by atoms with Crippen molar-refractivity contribution >= 4 is 21.7 Å². The van der Waals surface area contributed by atoms with E-state index >= 15 is 0 Å². The molecule has 1 heterocycles. The number of ether oxygens (including phenoxy) is 1. The van der Waals surface area contributed by atoms with Gasteiger partial charge < -0.3 is 4.74 Å². The Morgan fingerprint density at radius 2 is 1.93 bits per heavy atom. The van der Waals surface area contributed by atoms with Crippen molar-refractivity contribution in [3.05, 3.63) is 72.1 Å². The Labute approximate surface area is 158 Å². The molecule has 0 aliphatic carbocycles. The molecule has 2 aromatic carbocycles. The largest absolute Gasteiger partial charge is 0.464 e. The molecule has 2 atom stereocenters. The number of rotatable bonds is 5. The molecule has 0 radical (unpaired) electrons. The van der Waals surface area contributed by atoms with Crippen LogP contribution in [0.15, 0.2) is 60.0 Å². The minimum Gasteiger partial charge on any atom is -0.464 e. The monoisotopic (exact) mass is 389 g/mol. The summed E-state index contributed by atoms with van der Waals surface area (Å²) in [5.41, 5.74) is 1.13. The number of carbonyl (C=O) groups excluding carboxylic acids is 1. The second kappa shape index (κ2) is 7.15. The molecule has 1 aliphatic rings. The maximum atomic E-state index is 14.7. The van der Waals surface area contributed by atoms with E-state index in [9.17, 15) is 17.6 Å². The van der Waals surface area contributed by atoms with Gasteiger partial charge in [0, 0.05) is 5.92 Å². The average molecular weight is 389 g/mol. The Bertz CT molecular complexity index is 986. The lowest BCUT2D eigenvalue weighted by Crippen LogP contribution is -2.45. The van der Waals surface area contributed by atoms with Crippen LogP contribution in [0.4, 0.5) is 10.1 Å². The Hall–Kier alpha value is -2.67. The number of esters is 1. The molecule has 2 aromatic rings. The van der Waals surface area contributed by atoms with Crippen LogP contribution in [0.3, 0.4) is 0 Å². The van der Waals surface area contributed by atoms with Crippen LogP contribution in [0, 0.1) is 12.7 Å². The van der Waals surface area contributed by atoms with Crippen LogP contribution in [-0.4, -0.2) is 27.0 Å². The standard InChI is InChI=1S/C20H20FNO4S/c1-4-15-16-7-6-8-17(21)18(16)22(19(15)20(23)26-5-2)27(24,25)14-11-9-13(3)10-12-14/h4,6-12,15,19H,1,5H2,2-3H3. The van der Waals surface area contributed by atoms with Crippen molar-refractivity contribution in [2.75, 3.05) is 10.9 Å². The van der Waals surface area contributed by atoms with Crippen LogP contribution >= 0.6 is 0 Å². The number of aryl methyl sites for hydroxylation is 1. The van der Waals surface area contributed by atoms with Crippen LogP contribution in [0.25, 0.3) is 0 Å². The molecule has 0 fully saturated rings. The van der Waals surface area contributed by atoms with Gasteiger partial charge >= 0.3 is 5.97 Å². The number of anilines is 1. The summed E-state index contributed by atoms with van der Waals surface area (Å²) in [7, 11) is -4.20. The second-order valence-corrected chi connectivity index (χ2v) is 8.06. The number of hydrogen-bond donors (Lipinski definition) is 0. The number of para-hydroxylation sites is 1. The van der Waals surface area contributed by atoms with Gasteiger partial charge in [-0.15, -0.1) is 6.58 Å². The Morgan fingerprint density at radius 3 is 2.52 bits per heavy atom. The molecule has 0 saturated carbocycles. The fraction of sp³-hybridized carbons (Fsp3) is 0.250. The lowest BCUT2D eigenvalue weighted by Gasteiger charge is -2.27. The van der Waals surface area contributed by atoms with Gasteiger partial charge in [-0.05, 0) is 37.6 Å². The highest BCUT2D eigenvalue weighted by Crippen LogP contribution is 2.46. The molecule has 0 saturated heterocycles. The van der Waals surface area contributed by atoms with Gasteiger partial charge in [-0.1, -0.05) is 35.9 Å². The first-order valence-corrected chi connectivity index (χ1v) is 9.95. The Morgan fingerprint density at radius 1 is 1.26 bits per heavy atom. The van der Waals surface area contributed by atoms with Gasteiger partial charge in [-0.2, -0.15) is 0 Å². The summed E-state index contributed by atoms with van der Waals surface area (Å²) in [6, 6.07) is 9.18. The van der Waals surface area contributed by atoms with Crippen molar-refractivity contribution in [2.24, 2.45) is 0 Å². The van der Waals surface area contributed by atoms with Crippen molar-refractivity contribution in [1.82, 2.24) is 0 Å². The van der Waals surface area contributed by atoms with Crippen molar-refractivity contribution in [3.8, 4) is 0 Å². The molecule has 0 aromatic heterocycles. The second-order valence-electron chi connectivity index (χ2n) is 6.25. The fourth-order valence-corrected chi connectivity index (χ4v) is 4.96. The normalized spacial score (nSPS) is 18.9. The van der Waals surface area contributed by atoms with Gasteiger partial charge in [0.05, 0.1) is 17.2 Å². The first-order valence-electron chi connectivity index (χ1n) is 8.51. The van der Waals surface area contributed by atoms with Gasteiger partial charge in [0.15, 0.2) is 6.04 Å². The molecule has 27 heavy (non-hydrogen) atoms. The maximum Gasteiger partial charge on any atom is 0.330 e. The molecule has 3 rings (SSSR count). The highest BCUT2D eigenvalue weighted by molar-refractivity contribution is 7.93. The molecule has 0 spiro atoms. The summed E-state index contributed by atoms with van der Waals surface area (Å²) in [5.74, 6) is -2.18. The molecule has 7 heteroatoms. The van der Waals surface area contributed by atoms with E-state index in [1.165, 1.54) is 30.3 Å². The summed E-state index contributed by atoms with van der Waals surface area (Å²) in [5, 5.41) is 0. The number of halogens is 1. The summed E-state index contributed by atoms with van der Waals surface area (Å²) >= 11 is 0. The summed E-state index contributed by atoms with van der Waals surface area (Å²) in [6.07, 6.45) is 1.45. The molecule has 0 N–H and O–H groups in total. The third-order valence-corrected chi connectivity index (χ3v) is 6.35. The van der Waals surface area contributed by atoms with Crippen LogP contribution < -0.4 is 4.31 Å². The first kappa shape index (κ1) is 19.1. The van der Waals surface area contributed by atoms with E-state index in [0.717, 1.165) is 9.87 Å². The molecular formula is C20H20FNO4S. The Kier molecular flexibility index (Phi) is 5.06. The van der Waals surface area contributed by atoms with Crippen molar-refractivity contribution in [1.29, 1.82) is 0 Å². The highest BCUT2D eigenvalue weighted by Gasteiger charge is 2.49. The molecule has 142 valence electrons. The summed E-state index contributed by atoms with van der Waals surface area (Å²) in [4.78, 5) is 12.6. The van der Waals surface area contributed by atoms with E-state index in [1.807, 2.05) is 6.92 Å². The molecule has 0 bridgehead atoms. The van der Waals surface area contributed by atoms with E-state index in [-0.39, 0.29) is 17.2 Å². The van der Waals surface area contributed by atoms with E-state index in [4.69, 9.17) is 4.74 Å². The zero-order valence-electron chi connectivity index (χ0n) is 15.1. The highest BCUT2D eigenvalue weighted by atomic mass is 32.2. The van der Waals surface area contributed by atoms with Crippen LogP contribution in [0.5, 0.6) is 0 Å². The zero-order valence-corrected chi connectivity index (χ0v) is 15.9. The van der Waals surface area contributed by atoms with E-state index in [0.29, 0.717) is 5.56 Å². The number of sulfonamides is 1. The van der Waals surface area contributed by atoms with Gasteiger partial charge in [0.25, 0.3) is 10.0 Å². The van der Waals surface area contributed by atoms with Gasteiger partial charge in [-0.25, -0.2) is 21.9 Å². The smallest absolute Gasteiger partial charge is 0.330 e. The maximum absolute atomic E-state index is 14.7. The third kappa shape index (κ3) is 3.12. The zero-order chi connectivity index (χ0) is 19.8. The van der Waals surface area contributed by atoms with Crippen molar-refractivity contribution in [2.45, 2.75) is 30.7 Å². The van der Waals surface area contributed by atoms with E-state index in [2.05, 4.69) is 6.58 Å². The van der Waals surface area contributed by atoms with E-state index < -0.39 is 33.8 Å². The first-order chi connectivity index (χ1) is 12.8. The Balaban J connectivity index is 2.24. The molecule has 2 unspecified atom stereocenters. The molecule has 5 nitrogen and oxygen atoms in total. The molecular weight excluding hydrogens is 369 g/mol. The van der Waals surface area contributed by atoms with Crippen LogP contribution in [0.2, 0.25) is 0 Å². The average Bonchev–Trinajstić information content (AvgIpc) is 2.99.